The fraction of sp³-hybridized carbons (Fsp3) is 0.316. The van der Waals surface area contributed by atoms with Gasteiger partial charge < -0.3 is 9.84 Å². The highest BCUT2D eigenvalue weighted by atomic mass is 32.2. The second kappa shape index (κ2) is 8.33. The van der Waals surface area contributed by atoms with Gasteiger partial charge in [0.15, 0.2) is 0 Å². The van der Waals surface area contributed by atoms with Gasteiger partial charge in [-0.2, -0.15) is 4.31 Å². The maximum absolute atomic E-state index is 12.8. The third-order valence-electron chi connectivity index (χ3n) is 4.11. The van der Waals surface area contributed by atoms with Gasteiger partial charge in [0.05, 0.1) is 11.5 Å². The van der Waals surface area contributed by atoms with E-state index >= 15 is 0 Å². The molecule has 7 heteroatoms. The Hall–Kier alpha value is -2.38. The molecule has 0 amide bonds. The molecule has 0 heterocycles. The summed E-state index contributed by atoms with van der Waals surface area (Å²) in [6, 6.07) is 12.1. The summed E-state index contributed by atoms with van der Waals surface area (Å²) < 4.78 is 32.1. The van der Waals surface area contributed by atoms with Crippen molar-refractivity contribution < 1.29 is 23.1 Å². The SMILES string of the molecule is CCOc1ccccc1CC(C(=O)O)N(C)S(=O)(=O)c1ccc(C)cc1. The van der Waals surface area contributed by atoms with E-state index in [9.17, 15) is 18.3 Å². The monoisotopic (exact) mass is 377 g/mol. The summed E-state index contributed by atoms with van der Waals surface area (Å²) in [4.78, 5) is 11.9. The number of hydrogen-bond acceptors (Lipinski definition) is 4. The van der Waals surface area contributed by atoms with E-state index in [0.29, 0.717) is 17.9 Å². The molecule has 0 aromatic heterocycles. The van der Waals surface area contributed by atoms with Gasteiger partial charge in [0, 0.05) is 13.5 Å². The Labute approximate surface area is 154 Å². The molecule has 0 spiro atoms. The first kappa shape index (κ1) is 19.9. The zero-order valence-corrected chi connectivity index (χ0v) is 15.9. The number of aliphatic carboxylic acids is 1. The van der Waals surface area contributed by atoms with E-state index in [1.807, 2.05) is 13.8 Å². The first-order valence-electron chi connectivity index (χ1n) is 8.25. The summed E-state index contributed by atoms with van der Waals surface area (Å²) in [7, 11) is -2.64. The van der Waals surface area contributed by atoms with Crippen LogP contribution in [0.2, 0.25) is 0 Å². The minimum Gasteiger partial charge on any atom is -0.494 e. The molecule has 2 rings (SSSR count). The number of carbonyl (C=O) groups is 1. The topological polar surface area (TPSA) is 83.9 Å². The molecular weight excluding hydrogens is 354 g/mol. The van der Waals surface area contributed by atoms with Gasteiger partial charge in [-0.25, -0.2) is 8.42 Å². The minimum absolute atomic E-state index is 0.00704. The molecule has 0 aliphatic heterocycles. The van der Waals surface area contributed by atoms with Crippen LogP contribution in [0.4, 0.5) is 0 Å². The molecule has 140 valence electrons. The van der Waals surface area contributed by atoms with E-state index in [4.69, 9.17) is 4.74 Å². The molecule has 0 saturated heterocycles. The lowest BCUT2D eigenvalue weighted by Crippen LogP contribution is -2.43. The molecule has 26 heavy (non-hydrogen) atoms. The Kier molecular flexibility index (Phi) is 6.39. The fourth-order valence-corrected chi connectivity index (χ4v) is 3.90. The summed E-state index contributed by atoms with van der Waals surface area (Å²) in [6.45, 7) is 4.12. The average Bonchev–Trinajstić information content (AvgIpc) is 2.60. The molecule has 1 unspecified atom stereocenters. The van der Waals surface area contributed by atoms with Crippen molar-refractivity contribution in [3.05, 3.63) is 59.7 Å². The zero-order chi connectivity index (χ0) is 19.3. The maximum Gasteiger partial charge on any atom is 0.322 e. The van der Waals surface area contributed by atoms with Crippen LogP contribution in [0, 0.1) is 6.92 Å². The lowest BCUT2D eigenvalue weighted by Gasteiger charge is -2.25. The summed E-state index contributed by atoms with van der Waals surface area (Å²) >= 11 is 0. The molecule has 1 atom stereocenters. The quantitative estimate of drug-likeness (QED) is 0.765. The zero-order valence-electron chi connectivity index (χ0n) is 15.0. The maximum atomic E-state index is 12.8. The number of nitrogens with zero attached hydrogens (tertiary/aromatic N) is 1. The van der Waals surface area contributed by atoms with Crippen LogP contribution in [0.25, 0.3) is 0 Å². The van der Waals surface area contributed by atoms with E-state index in [2.05, 4.69) is 0 Å². The van der Waals surface area contributed by atoms with Crippen molar-refractivity contribution in [3.8, 4) is 5.75 Å². The largest absolute Gasteiger partial charge is 0.494 e. The van der Waals surface area contributed by atoms with Crippen LogP contribution in [0.5, 0.6) is 5.75 Å². The van der Waals surface area contributed by atoms with Gasteiger partial charge >= 0.3 is 5.97 Å². The van der Waals surface area contributed by atoms with Gasteiger partial charge in [-0.05, 0) is 37.6 Å². The third kappa shape index (κ3) is 4.42. The van der Waals surface area contributed by atoms with E-state index < -0.39 is 22.0 Å². The van der Waals surface area contributed by atoms with Crippen LogP contribution in [0.1, 0.15) is 18.1 Å². The molecule has 0 saturated carbocycles. The number of aryl methyl sites for hydroxylation is 1. The second-order valence-electron chi connectivity index (χ2n) is 5.93. The number of sulfonamides is 1. The van der Waals surface area contributed by atoms with Gasteiger partial charge in [-0.15, -0.1) is 0 Å². The van der Waals surface area contributed by atoms with Crippen molar-refractivity contribution in [2.24, 2.45) is 0 Å². The molecule has 2 aromatic rings. The average molecular weight is 377 g/mol. The first-order valence-corrected chi connectivity index (χ1v) is 9.69. The molecular formula is C19H23NO5S. The highest BCUT2D eigenvalue weighted by molar-refractivity contribution is 7.89. The van der Waals surface area contributed by atoms with Gasteiger partial charge in [0.25, 0.3) is 0 Å². The summed E-state index contributed by atoms with van der Waals surface area (Å²) in [5, 5.41) is 9.63. The summed E-state index contributed by atoms with van der Waals surface area (Å²) in [6.07, 6.45) is 0.00704. The van der Waals surface area contributed by atoms with Crippen molar-refractivity contribution in [1.82, 2.24) is 4.31 Å². The van der Waals surface area contributed by atoms with Gasteiger partial charge in [0.2, 0.25) is 10.0 Å². The molecule has 0 radical (unpaired) electrons. The smallest absolute Gasteiger partial charge is 0.322 e. The highest BCUT2D eigenvalue weighted by Crippen LogP contribution is 2.24. The van der Waals surface area contributed by atoms with Crippen molar-refractivity contribution in [1.29, 1.82) is 0 Å². The van der Waals surface area contributed by atoms with Crippen molar-refractivity contribution in [2.75, 3.05) is 13.7 Å². The van der Waals surface area contributed by atoms with Crippen molar-refractivity contribution in [3.63, 3.8) is 0 Å². The number of carboxylic acid groups (broad SMARTS) is 1. The molecule has 6 nitrogen and oxygen atoms in total. The van der Waals surface area contributed by atoms with Gasteiger partial charge in [-0.1, -0.05) is 35.9 Å². The Morgan fingerprint density at radius 2 is 1.77 bits per heavy atom. The first-order chi connectivity index (χ1) is 12.3. The fourth-order valence-electron chi connectivity index (χ4n) is 2.59. The van der Waals surface area contributed by atoms with Crippen LogP contribution in [-0.4, -0.2) is 43.5 Å². The highest BCUT2D eigenvalue weighted by Gasteiger charge is 2.33. The Morgan fingerprint density at radius 3 is 2.35 bits per heavy atom. The number of hydrogen-bond donors (Lipinski definition) is 1. The normalized spacial score (nSPS) is 12.8. The number of para-hydroxylation sites is 1. The van der Waals surface area contributed by atoms with Crippen molar-refractivity contribution >= 4 is 16.0 Å². The molecule has 1 N–H and O–H groups in total. The molecule has 0 aliphatic rings. The third-order valence-corrected chi connectivity index (χ3v) is 5.99. The van der Waals surface area contributed by atoms with Gasteiger partial charge in [0.1, 0.15) is 11.8 Å². The van der Waals surface area contributed by atoms with Crippen LogP contribution < -0.4 is 4.74 Å². The molecule has 0 fully saturated rings. The Balaban J connectivity index is 2.35. The molecule has 2 aromatic carbocycles. The predicted octanol–water partition coefficient (Wildman–Crippen LogP) is 2.71. The standard InChI is InChI=1S/C19H23NO5S/c1-4-25-18-8-6-5-7-15(18)13-17(19(21)22)20(3)26(23,24)16-11-9-14(2)10-12-16/h5-12,17H,4,13H2,1-3H3,(H,21,22). The Morgan fingerprint density at radius 1 is 1.15 bits per heavy atom. The second-order valence-corrected chi connectivity index (χ2v) is 7.93. The van der Waals surface area contributed by atoms with E-state index in [-0.39, 0.29) is 11.3 Å². The molecule has 0 aliphatic carbocycles. The van der Waals surface area contributed by atoms with Crippen LogP contribution in [0.3, 0.4) is 0 Å². The summed E-state index contributed by atoms with van der Waals surface area (Å²) in [5.74, 6) is -0.656. The van der Waals surface area contributed by atoms with E-state index in [0.717, 1.165) is 9.87 Å². The lowest BCUT2D eigenvalue weighted by atomic mass is 10.1. The molecule has 0 bridgehead atoms. The predicted molar refractivity (Wildman–Crippen MR) is 98.9 cm³/mol. The minimum atomic E-state index is -3.93. The van der Waals surface area contributed by atoms with Gasteiger partial charge in [-0.3, -0.25) is 4.79 Å². The van der Waals surface area contributed by atoms with Crippen LogP contribution in [-0.2, 0) is 21.2 Å². The van der Waals surface area contributed by atoms with Crippen molar-refractivity contribution in [2.45, 2.75) is 31.2 Å². The number of rotatable bonds is 8. The van der Waals surface area contributed by atoms with E-state index in [1.54, 1.807) is 36.4 Å². The van der Waals surface area contributed by atoms with Crippen LogP contribution >= 0.6 is 0 Å². The Bertz CT molecular complexity index is 862. The number of benzene rings is 2. The summed E-state index contributed by atoms with van der Waals surface area (Å²) in [5.41, 5.74) is 1.57. The lowest BCUT2D eigenvalue weighted by molar-refractivity contribution is -0.141. The number of ether oxygens (including phenoxy) is 1. The van der Waals surface area contributed by atoms with E-state index in [1.165, 1.54) is 19.2 Å². The number of carboxylic acids is 1. The number of likely N-dealkylation sites (N-methyl/N-ethyl adjacent to an activating group) is 1. The van der Waals surface area contributed by atoms with Crippen LogP contribution in [0.15, 0.2) is 53.4 Å².